The van der Waals surface area contributed by atoms with Crippen molar-refractivity contribution in [3.63, 3.8) is 0 Å². The normalized spacial score (nSPS) is 9.87. The summed E-state index contributed by atoms with van der Waals surface area (Å²) in [7, 11) is 0. The molecule has 0 bridgehead atoms. The molecule has 6 heteroatoms. The average molecular weight is 220 g/mol. The summed E-state index contributed by atoms with van der Waals surface area (Å²) in [6, 6.07) is 4.32. The molecule has 0 unspecified atom stereocenters. The fraction of sp³-hybridized carbons (Fsp3) is 0.222. The zero-order chi connectivity index (χ0) is 10.7. The van der Waals surface area contributed by atoms with E-state index < -0.39 is 0 Å². The quantitative estimate of drug-likeness (QED) is 0.855. The topological polar surface area (TPSA) is 74.7 Å². The van der Waals surface area contributed by atoms with Crippen LogP contribution in [-0.2, 0) is 6.54 Å². The van der Waals surface area contributed by atoms with E-state index in [1.807, 2.05) is 11.4 Å². The minimum Gasteiger partial charge on any atom is -0.408 e. The van der Waals surface area contributed by atoms with Crippen LogP contribution in [-0.4, -0.2) is 10.2 Å². The molecule has 0 fully saturated rings. The number of nitrogens with one attached hydrogen (secondary N) is 1. The monoisotopic (exact) mass is 220 g/mol. The molecule has 0 atom stereocenters. The number of hydrogen-bond acceptors (Lipinski definition) is 6. The van der Waals surface area contributed by atoms with Crippen molar-refractivity contribution in [2.75, 3.05) is 5.32 Å². The maximum absolute atomic E-state index is 8.63. The van der Waals surface area contributed by atoms with Crippen molar-refractivity contribution in [3.05, 3.63) is 27.8 Å². The Balaban J connectivity index is 1.96. The first-order chi connectivity index (χ1) is 7.28. The number of aromatic nitrogens is 2. The van der Waals surface area contributed by atoms with Crippen LogP contribution < -0.4 is 5.32 Å². The van der Waals surface area contributed by atoms with Gasteiger partial charge in [0.2, 0.25) is 5.89 Å². The molecule has 5 nitrogen and oxygen atoms in total. The van der Waals surface area contributed by atoms with Crippen LogP contribution in [0.2, 0.25) is 0 Å². The van der Waals surface area contributed by atoms with Crippen LogP contribution >= 0.6 is 11.3 Å². The molecular weight excluding hydrogens is 212 g/mol. The van der Waals surface area contributed by atoms with Gasteiger partial charge in [0.05, 0.1) is 12.1 Å². The second kappa shape index (κ2) is 4.11. The Kier molecular flexibility index (Phi) is 2.65. The fourth-order valence-corrected chi connectivity index (χ4v) is 1.81. The molecule has 0 radical (unpaired) electrons. The van der Waals surface area contributed by atoms with E-state index in [1.54, 1.807) is 6.92 Å². The molecule has 0 aliphatic rings. The van der Waals surface area contributed by atoms with Crippen molar-refractivity contribution in [2.24, 2.45) is 0 Å². The lowest BCUT2D eigenvalue weighted by Crippen LogP contribution is -1.97. The van der Waals surface area contributed by atoms with Crippen LogP contribution in [0, 0.1) is 18.3 Å². The SMILES string of the molecule is Cc1nnc(NCc2cc(C#N)cs2)o1. The molecule has 0 aromatic carbocycles. The summed E-state index contributed by atoms with van der Waals surface area (Å²) in [6.45, 7) is 2.32. The predicted octanol–water partition coefficient (Wildman–Crippen LogP) is 1.92. The van der Waals surface area contributed by atoms with Gasteiger partial charge in [-0.25, -0.2) is 0 Å². The number of anilines is 1. The number of nitrogens with zero attached hydrogens (tertiary/aromatic N) is 3. The lowest BCUT2D eigenvalue weighted by Gasteiger charge is -1.96. The van der Waals surface area contributed by atoms with Crippen LogP contribution in [0.25, 0.3) is 0 Å². The van der Waals surface area contributed by atoms with Crippen LogP contribution in [0.4, 0.5) is 6.01 Å². The van der Waals surface area contributed by atoms with Crippen molar-refractivity contribution in [1.82, 2.24) is 10.2 Å². The van der Waals surface area contributed by atoms with Gasteiger partial charge in [-0.3, -0.25) is 0 Å². The molecule has 2 aromatic rings. The third-order valence-corrected chi connectivity index (χ3v) is 2.66. The molecule has 76 valence electrons. The summed E-state index contributed by atoms with van der Waals surface area (Å²) in [5.74, 6) is 0.529. The highest BCUT2D eigenvalue weighted by molar-refractivity contribution is 7.10. The van der Waals surface area contributed by atoms with Gasteiger partial charge in [0, 0.05) is 17.2 Å². The minimum absolute atomic E-state index is 0.402. The number of aryl methyl sites for hydroxylation is 1. The van der Waals surface area contributed by atoms with Crippen molar-refractivity contribution in [1.29, 1.82) is 5.26 Å². The zero-order valence-electron chi connectivity index (χ0n) is 8.02. The van der Waals surface area contributed by atoms with Gasteiger partial charge in [0.1, 0.15) is 6.07 Å². The van der Waals surface area contributed by atoms with Gasteiger partial charge < -0.3 is 9.73 Å². The van der Waals surface area contributed by atoms with E-state index in [2.05, 4.69) is 21.6 Å². The highest BCUT2D eigenvalue weighted by Crippen LogP contribution is 2.15. The van der Waals surface area contributed by atoms with Gasteiger partial charge in [0.15, 0.2) is 0 Å². The fourth-order valence-electron chi connectivity index (χ4n) is 1.06. The third kappa shape index (κ3) is 2.33. The predicted molar refractivity (Wildman–Crippen MR) is 55.4 cm³/mol. The zero-order valence-corrected chi connectivity index (χ0v) is 8.84. The van der Waals surface area contributed by atoms with E-state index in [9.17, 15) is 0 Å². The van der Waals surface area contributed by atoms with Crippen molar-refractivity contribution >= 4 is 17.4 Å². The summed E-state index contributed by atoms with van der Waals surface area (Å²) in [5, 5.41) is 20.9. The molecule has 15 heavy (non-hydrogen) atoms. The van der Waals surface area contributed by atoms with Crippen LogP contribution in [0.3, 0.4) is 0 Å². The van der Waals surface area contributed by atoms with E-state index in [-0.39, 0.29) is 0 Å². The lowest BCUT2D eigenvalue weighted by molar-refractivity contribution is 0.531. The Morgan fingerprint density at radius 2 is 2.47 bits per heavy atom. The van der Waals surface area contributed by atoms with Gasteiger partial charge in [-0.1, -0.05) is 5.10 Å². The van der Waals surface area contributed by atoms with E-state index in [1.165, 1.54) is 11.3 Å². The number of hydrogen-bond donors (Lipinski definition) is 1. The second-order valence-electron chi connectivity index (χ2n) is 2.89. The van der Waals surface area contributed by atoms with E-state index in [0.717, 1.165) is 4.88 Å². The lowest BCUT2D eigenvalue weighted by atomic mass is 10.3. The summed E-state index contributed by atoms with van der Waals surface area (Å²) in [5.41, 5.74) is 0.679. The minimum atomic E-state index is 0.402. The van der Waals surface area contributed by atoms with Gasteiger partial charge in [-0.2, -0.15) is 5.26 Å². The third-order valence-electron chi connectivity index (χ3n) is 1.72. The molecule has 2 rings (SSSR count). The first-order valence-corrected chi connectivity index (χ1v) is 5.17. The molecule has 0 aliphatic heterocycles. The number of thiophene rings is 1. The van der Waals surface area contributed by atoms with Gasteiger partial charge in [-0.15, -0.1) is 16.4 Å². The first-order valence-electron chi connectivity index (χ1n) is 4.29. The Labute approximate surface area is 90.4 Å². The molecule has 1 N–H and O–H groups in total. The Morgan fingerprint density at radius 1 is 1.60 bits per heavy atom. The number of rotatable bonds is 3. The second-order valence-corrected chi connectivity index (χ2v) is 3.89. The smallest absolute Gasteiger partial charge is 0.315 e. The molecule has 0 saturated carbocycles. The van der Waals surface area contributed by atoms with Crippen LogP contribution in [0.1, 0.15) is 16.3 Å². The maximum Gasteiger partial charge on any atom is 0.315 e. The van der Waals surface area contributed by atoms with Crippen LogP contribution in [0.15, 0.2) is 15.9 Å². The largest absolute Gasteiger partial charge is 0.408 e. The van der Waals surface area contributed by atoms with Crippen molar-refractivity contribution in [2.45, 2.75) is 13.5 Å². The summed E-state index contributed by atoms with van der Waals surface area (Å²) >= 11 is 1.53. The average Bonchev–Trinajstić information content (AvgIpc) is 2.83. The van der Waals surface area contributed by atoms with Gasteiger partial charge in [-0.05, 0) is 6.07 Å². The van der Waals surface area contributed by atoms with Crippen LogP contribution in [0.5, 0.6) is 0 Å². The van der Waals surface area contributed by atoms with Crippen molar-refractivity contribution in [3.8, 4) is 6.07 Å². The Hall–Kier alpha value is -1.87. The summed E-state index contributed by atoms with van der Waals surface area (Å²) in [6.07, 6.45) is 0. The Bertz CT molecular complexity index is 496. The van der Waals surface area contributed by atoms with Gasteiger partial charge >= 0.3 is 6.01 Å². The molecule has 0 saturated heterocycles. The van der Waals surface area contributed by atoms with E-state index >= 15 is 0 Å². The van der Waals surface area contributed by atoms with E-state index in [4.69, 9.17) is 9.68 Å². The highest BCUT2D eigenvalue weighted by Gasteiger charge is 2.03. The molecule has 0 amide bonds. The van der Waals surface area contributed by atoms with Crippen molar-refractivity contribution < 1.29 is 4.42 Å². The Morgan fingerprint density at radius 3 is 3.07 bits per heavy atom. The van der Waals surface area contributed by atoms with Gasteiger partial charge in [0.25, 0.3) is 0 Å². The molecule has 2 aromatic heterocycles. The standard InChI is InChI=1S/C9H8N4OS/c1-6-12-13-9(14-6)11-4-8-2-7(3-10)5-15-8/h2,5H,4H2,1H3,(H,11,13). The summed E-state index contributed by atoms with van der Waals surface area (Å²) < 4.78 is 5.14. The highest BCUT2D eigenvalue weighted by atomic mass is 32.1. The first kappa shape index (κ1) is 9.68. The molecular formula is C9H8N4OS. The molecule has 0 aliphatic carbocycles. The van der Waals surface area contributed by atoms with E-state index in [0.29, 0.717) is 24.0 Å². The maximum atomic E-state index is 8.63. The molecule has 2 heterocycles. The summed E-state index contributed by atoms with van der Waals surface area (Å²) in [4.78, 5) is 1.06. The number of nitriles is 1. The molecule has 0 spiro atoms.